The average Bonchev–Trinajstić information content (AvgIpc) is 3.48. The Labute approximate surface area is 215 Å². The number of benzene rings is 5. The third-order valence-corrected chi connectivity index (χ3v) is 8.19. The maximum Gasteiger partial charge on any atom is 0.266 e. The fourth-order valence-corrected chi connectivity index (χ4v) is 6.46. The van der Waals surface area contributed by atoms with Crippen LogP contribution < -0.4 is 5.56 Å². The highest BCUT2D eigenvalue weighted by Crippen LogP contribution is 2.36. The van der Waals surface area contributed by atoms with Gasteiger partial charge < -0.3 is 4.57 Å². The minimum atomic E-state index is -0.0290. The molecule has 8 aromatic rings. The third kappa shape index (κ3) is 2.95. The predicted molar refractivity (Wildman–Crippen MR) is 154 cm³/mol. The van der Waals surface area contributed by atoms with E-state index in [1.165, 1.54) is 21.9 Å². The molecule has 0 N–H and O–H groups in total. The Bertz CT molecular complexity index is 2220. The molecule has 5 aromatic carbocycles. The first-order valence-corrected chi connectivity index (χ1v) is 13.0. The van der Waals surface area contributed by atoms with Crippen LogP contribution in [0.5, 0.6) is 0 Å². The van der Waals surface area contributed by atoms with Gasteiger partial charge in [-0.05, 0) is 59.7 Å². The Morgan fingerprint density at radius 2 is 1.35 bits per heavy atom. The first kappa shape index (κ1) is 20.5. The number of thiazole rings is 1. The van der Waals surface area contributed by atoms with E-state index in [0.29, 0.717) is 10.3 Å². The molecular formula is C32H19N3OS. The molecule has 0 unspecified atom stereocenters. The molecule has 0 radical (unpaired) electrons. The molecule has 0 saturated carbocycles. The molecular weight excluding hydrogens is 474 g/mol. The second-order valence-electron chi connectivity index (χ2n) is 9.26. The van der Waals surface area contributed by atoms with E-state index in [1.807, 2.05) is 30.3 Å². The zero-order valence-electron chi connectivity index (χ0n) is 19.6. The lowest BCUT2D eigenvalue weighted by atomic mass is 10.0. The highest BCUT2D eigenvalue weighted by molar-refractivity contribution is 7.23. The zero-order valence-corrected chi connectivity index (χ0v) is 20.4. The normalized spacial score (nSPS) is 11.9. The number of hydrogen-bond acceptors (Lipinski definition) is 3. The summed E-state index contributed by atoms with van der Waals surface area (Å²) in [7, 11) is 0. The van der Waals surface area contributed by atoms with Crippen LogP contribution in [-0.2, 0) is 0 Å². The molecule has 0 aliphatic carbocycles. The number of aromatic nitrogens is 3. The Balaban J connectivity index is 1.43. The van der Waals surface area contributed by atoms with Gasteiger partial charge in [-0.25, -0.2) is 4.98 Å². The van der Waals surface area contributed by atoms with Crippen LogP contribution in [0.15, 0.2) is 120 Å². The monoisotopic (exact) mass is 493 g/mol. The Hall–Kier alpha value is -4.74. The van der Waals surface area contributed by atoms with Crippen molar-refractivity contribution in [1.82, 2.24) is 14.0 Å². The molecule has 0 aliphatic rings. The van der Waals surface area contributed by atoms with E-state index < -0.39 is 0 Å². The maximum atomic E-state index is 13.5. The lowest BCUT2D eigenvalue weighted by Gasteiger charge is -2.09. The van der Waals surface area contributed by atoms with Crippen molar-refractivity contribution in [2.24, 2.45) is 0 Å². The number of nitrogens with zero attached hydrogens (tertiary/aromatic N) is 3. The van der Waals surface area contributed by atoms with Gasteiger partial charge in [0.2, 0.25) is 0 Å². The number of para-hydroxylation sites is 2. The summed E-state index contributed by atoms with van der Waals surface area (Å²) in [5.41, 5.74) is 7.27. The van der Waals surface area contributed by atoms with Gasteiger partial charge in [-0.15, -0.1) is 0 Å². The zero-order chi connectivity index (χ0) is 24.5. The van der Waals surface area contributed by atoms with Crippen LogP contribution in [0.2, 0.25) is 0 Å². The van der Waals surface area contributed by atoms with E-state index in [1.54, 1.807) is 15.7 Å². The van der Waals surface area contributed by atoms with Gasteiger partial charge in [-0.1, -0.05) is 78.1 Å². The first-order chi connectivity index (χ1) is 18.3. The van der Waals surface area contributed by atoms with Gasteiger partial charge in [0.05, 0.1) is 32.2 Å². The predicted octanol–water partition coefficient (Wildman–Crippen LogP) is 7.83. The van der Waals surface area contributed by atoms with Gasteiger partial charge in [-0.3, -0.25) is 9.20 Å². The van der Waals surface area contributed by atoms with Gasteiger partial charge in [0.15, 0.2) is 4.96 Å². The van der Waals surface area contributed by atoms with Crippen LogP contribution in [0.3, 0.4) is 0 Å². The van der Waals surface area contributed by atoms with E-state index >= 15 is 0 Å². The highest BCUT2D eigenvalue weighted by Gasteiger charge is 2.16. The van der Waals surface area contributed by atoms with Gasteiger partial charge in [-0.2, -0.15) is 0 Å². The van der Waals surface area contributed by atoms with E-state index in [0.717, 1.165) is 32.5 Å². The molecule has 4 nitrogen and oxygen atoms in total. The van der Waals surface area contributed by atoms with Crippen molar-refractivity contribution >= 4 is 59.2 Å². The molecule has 0 amide bonds. The van der Waals surface area contributed by atoms with E-state index in [4.69, 9.17) is 4.98 Å². The van der Waals surface area contributed by atoms with Crippen LogP contribution in [0, 0.1) is 0 Å². The summed E-state index contributed by atoms with van der Waals surface area (Å²) in [6.45, 7) is 0. The second-order valence-corrected chi connectivity index (χ2v) is 10.3. The summed E-state index contributed by atoms with van der Waals surface area (Å²) in [5, 5.41) is 3.04. The fraction of sp³-hybridized carbons (Fsp3) is 0. The SMILES string of the molecule is O=c1c2ccccc2nc2sc3ccc(-n4c5ccccc5c5cc(-c6ccccc6)ccc54)cc3n12. The molecule has 0 bridgehead atoms. The van der Waals surface area contributed by atoms with Crippen molar-refractivity contribution < 1.29 is 0 Å². The first-order valence-electron chi connectivity index (χ1n) is 12.2. The topological polar surface area (TPSA) is 39.3 Å². The molecule has 3 heterocycles. The van der Waals surface area contributed by atoms with E-state index in [9.17, 15) is 4.79 Å². The Morgan fingerprint density at radius 1 is 0.595 bits per heavy atom. The van der Waals surface area contributed by atoms with Gasteiger partial charge in [0.25, 0.3) is 5.56 Å². The second kappa shape index (κ2) is 7.63. The summed E-state index contributed by atoms with van der Waals surface area (Å²) in [6, 6.07) is 39.6. The van der Waals surface area contributed by atoms with Crippen molar-refractivity contribution in [3.63, 3.8) is 0 Å². The van der Waals surface area contributed by atoms with Crippen LogP contribution in [0.4, 0.5) is 0 Å². The molecule has 5 heteroatoms. The summed E-state index contributed by atoms with van der Waals surface area (Å²) in [6.07, 6.45) is 0. The van der Waals surface area contributed by atoms with E-state index in [2.05, 4.69) is 89.5 Å². The minimum absolute atomic E-state index is 0.0290. The van der Waals surface area contributed by atoms with Crippen molar-refractivity contribution in [2.45, 2.75) is 0 Å². The summed E-state index contributed by atoms with van der Waals surface area (Å²) in [4.78, 5) is 19.0. The Morgan fingerprint density at radius 3 is 2.24 bits per heavy atom. The molecule has 0 spiro atoms. The molecule has 0 fully saturated rings. The molecule has 3 aromatic heterocycles. The standard InChI is InChI=1S/C32H19N3OS/c36-31-24-11-4-6-12-26(24)33-32-35(31)29-19-22(15-17-30(29)37-32)34-27-13-7-5-10-23(27)25-18-21(14-16-28(25)34)20-8-2-1-3-9-20/h1-19H. The maximum absolute atomic E-state index is 13.5. The van der Waals surface area contributed by atoms with E-state index in [-0.39, 0.29) is 5.56 Å². The summed E-state index contributed by atoms with van der Waals surface area (Å²) < 4.78 is 5.09. The minimum Gasteiger partial charge on any atom is -0.309 e. The summed E-state index contributed by atoms with van der Waals surface area (Å²) in [5.74, 6) is 0. The average molecular weight is 494 g/mol. The van der Waals surface area contributed by atoms with Crippen LogP contribution in [0.25, 0.3) is 64.7 Å². The van der Waals surface area contributed by atoms with Crippen LogP contribution >= 0.6 is 11.3 Å². The Kier molecular flexibility index (Phi) is 4.22. The van der Waals surface area contributed by atoms with Crippen molar-refractivity contribution in [3.05, 3.63) is 126 Å². The molecule has 0 atom stereocenters. The summed E-state index contributed by atoms with van der Waals surface area (Å²) >= 11 is 1.55. The molecule has 8 rings (SSSR count). The van der Waals surface area contributed by atoms with Crippen molar-refractivity contribution in [1.29, 1.82) is 0 Å². The number of hydrogen-bond donors (Lipinski definition) is 0. The van der Waals surface area contributed by atoms with Gasteiger partial charge in [0, 0.05) is 16.5 Å². The number of rotatable bonds is 2. The fourth-order valence-electron chi connectivity index (χ4n) is 5.46. The highest BCUT2D eigenvalue weighted by atomic mass is 32.1. The lowest BCUT2D eigenvalue weighted by Crippen LogP contribution is -2.13. The molecule has 0 saturated heterocycles. The smallest absolute Gasteiger partial charge is 0.266 e. The third-order valence-electron chi connectivity index (χ3n) is 7.17. The van der Waals surface area contributed by atoms with Crippen molar-refractivity contribution in [2.75, 3.05) is 0 Å². The van der Waals surface area contributed by atoms with Crippen LogP contribution in [0.1, 0.15) is 0 Å². The molecule has 37 heavy (non-hydrogen) atoms. The lowest BCUT2D eigenvalue weighted by molar-refractivity contribution is 1.14. The largest absolute Gasteiger partial charge is 0.309 e. The number of fused-ring (bicyclic) bond motifs is 7. The molecule has 174 valence electrons. The quantitative estimate of drug-likeness (QED) is 0.246. The van der Waals surface area contributed by atoms with Gasteiger partial charge in [0.1, 0.15) is 0 Å². The van der Waals surface area contributed by atoms with Gasteiger partial charge >= 0.3 is 0 Å². The van der Waals surface area contributed by atoms with Crippen LogP contribution in [-0.4, -0.2) is 14.0 Å². The molecule has 0 aliphatic heterocycles. The van der Waals surface area contributed by atoms with Crippen molar-refractivity contribution in [3.8, 4) is 16.8 Å².